The Morgan fingerprint density at radius 2 is 1.92 bits per heavy atom. The second kappa shape index (κ2) is 8.77. The quantitative estimate of drug-likeness (QED) is 0.767. The molecule has 0 aliphatic rings. The first kappa shape index (κ1) is 19.9. The number of carbonyl (C=O) groups excluding carboxylic acids is 1. The molecule has 0 unspecified atom stereocenters. The van der Waals surface area contributed by atoms with E-state index < -0.39 is 0 Å². The summed E-state index contributed by atoms with van der Waals surface area (Å²) in [6.07, 6.45) is 0. The molecule has 0 fully saturated rings. The van der Waals surface area contributed by atoms with Crippen LogP contribution in [0.5, 0.6) is 0 Å². The van der Waals surface area contributed by atoms with Gasteiger partial charge in [0.1, 0.15) is 23.3 Å². The zero-order valence-corrected chi connectivity index (χ0v) is 16.0. The Morgan fingerprint density at radius 3 is 2.54 bits per heavy atom. The van der Waals surface area contributed by atoms with E-state index in [1.165, 1.54) is 6.07 Å². The van der Waals surface area contributed by atoms with Gasteiger partial charge in [0, 0.05) is 13.6 Å². The zero-order valence-electron chi connectivity index (χ0n) is 13.7. The molecule has 0 saturated heterocycles. The van der Waals surface area contributed by atoms with Crippen molar-refractivity contribution < 1.29 is 9.78 Å². The number of hydrogen-bond donors (Lipinski definition) is 1. The molecule has 0 radical (unpaired) electrons. The van der Waals surface area contributed by atoms with Crippen LogP contribution in [-0.4, -0.2) is 23.6 Å². The summed E-state index contributed by atoms with van der Waals surface area (Å²) in [5.41, 5.74) is 7.04. The van der Waals surface area contributed by atoms with E-state index in [1.807, 2.05) is 12.1 Å². The van der Waals surface area contributed by atoms with Gasteiger partial charge in [0.05, 0.1) is 15.8 Å². The van der Waals surface area contributed by atoms with Crippen molar-refractivity contribution >= 4 is 46.7 Å². The van der Waals surface area contributed by atoms with Crippen LogP contribution in [0.15, 0.2) is 29.3 Å². The van der Waals surface area contributed by atoms with Crippen LogP contribution in [0, 0.1) is 22.7 Å². The highest BCUT2D eigenvalue weighted by atomic mass is 35.5. The number of aromatic amines is 1. The number of nitrogen functional groups attached to an aromatic ring is 1. The van der Waals surface area contributed by atoms with E-state index in [2.05, 4.69) is 4.98 Å². The Hall–Kier alpha value is -2.45. The number of H-pyrrole nitrogens is 1. The van der Waals surface area contributed by atoms with Gasteiger partial charge in [-0.3, -0.25) is 10.5 Å². The van der Waals surface area contributed by atoms with Crippen molar-refractivity contribution in [1.82, 2.24) is 4.90 Å². The lowest BCUT2D eigenvalue weighted by atomic mass is 10.2. The van der Waals surface area contributed by atoms with E-state index in [9.17, 15) is 10.1 Å². The first-order valence-corrected chi connectivity index (χ1v) is 9.06. The van der Waals surface area contributed by atoms with E-state index in [0.717, 1.165) is 17.3 Å². The number of nitrogens with two attached hydrogens (primary N) is 1. The largest absolute Gasteiger partial charge is 0.341 e. The fourth-order valence-electron chi connectivity index (χ4n) is 2.08. The number of thioether (sulfide) groups is 1. The summed E-state index contributed by atoms with van der Waals surface area (Å²) in [4.78, 5) is 16.7. The molecule has 26 heavy (non-hydrogen) atoms. The smallest absolute Gasteiger partial charge is 0.289 e. The summed E-state index contributed by atoms with van der Waals surface area (Å²) in [5.74, 6) is 0.126. The minimum Gasteiger partial charge on any atom is -0.341 e. The number of pyridine rings is 1. The lowest BCUT2D eigenvalue weighted by molar-refractivity contribution is -0.410. The number of aromatic nitrogens is 1. The SMILES string of the molecule is CN(Cc1ccc(Cl)c(Cl)c1)C(=O)CSc1[nH+]c(N)c(C#N)cc1C#N. The van der Waals surface area contributed by atoms with E-state index in [1.54, 1.807) is 30.1 Å². The molecule has 9 heteroatoms. The van der Waals surface area contributed by atoms with Gasteiger partial charge in [-0.05, 0) is 23.8 Å². The molecular weight excluding hydrogens is 393 g/mol. The number of hydrogen-bond acceptors (Lipinski definition) is 5. The Bertz CT molecular complexity index is 936. The molecule has 0 bridgehead atoms. The number of benzene rings is 1. The number of amides is 1. The molecule has 1 aromatic heterocycles. The van der Waals surface area contributed by atoms with Crippen LogP contribution in [0.2, 0.25) is 10.0 Å². The third kappa shape index (κ3) is 4.80. The standard InChI is InChI=1S/C17H13Cl2N5OS/c1-24(8-10-2-3-13(18)14(19)4-10)15(25)9-26-17-12(7-21)5-11(6-20)16(22)23-17/h2-5H,8-9H2,1H3,(H2,22,23)/p+1. The number of nitrogens with one attached hydrogen (secondary N) is 1. The van der Waals surface area contributed by atoms with Gasteiger partial charge >= 0.3 is 0 Å². The van der Waals surface area contributed by atoms with Gasteiger partial charge in [-0.2, -0.15) is 10.5 Å². The molecular formula is C17H14Cl2N5OS+. The third-order valence-electron chi connectivity index (χ3n) is 3.48. The van der Waals surface area contributed by atoms with Gasteiger partial charge in [-0.25, -0.2) is 4.98 Å². The van der Waals surface area contributed by atoms with Crippen molar-refractivity contribution in [2.75, 3.05) is 18.5 Å². The maximum absolute atomic E-state index is 12.3. The minimum absolute atomic E-state index is 0.105. The van der Waals surface area contributed by atoms with Gasteiger partial charge < -0.3 is 4.90 Å². The van der Waals surface area contributed by atoms with Gasteiger partial charge in [-0.1, -0.05) is 41.0 Å². The van der Waals surface area contributed by atoms with Gasteiger partial charge in [-0.15, -0.1) is 0 Å². The number of anilines is 1. The van der Waals surface area contributed by atoms with Crippen molar-refractivity contribution in [3.63, 3.8) is 0 Å². The Kier molecular flexibility index (Phi) is 6.70. The molecule has 1 amide bonds. The normalized spacial score (nSPS) is 10.0. The van der Waals surface area contributed by atoms with Crippen molar-refractivity contribution in [1.29, 1.82) is 10.5 Å². The highest BCUT2D eigenvalue weighted by Gasteiger charge is 2.17. The molecule has 6 nitrogen and oxygen atoms in total. The number of rotatable bonds is 5. The van der Waals surface area contributed by atoms with Gasteiger partial charge in [0.25, 0.3) is 5.82 Å². The molecule has 2 aromatic rings. The predicted molar refractivity (Wildman–Crippen MR) is 101 cm³/mol. The van der Waals surface area contributed by atoms with Gasteiger partial charge in [0.2, 0.25) is 5.91 Å². The number of nitriles is 2. The number of halogens is 2. The highest BCUT2D eigenvalue weighted by Crippen LogP contribution is 2.24. The van der Waals surface area contributed by atoms with Crippen LogP contribution in [0.3, 0.4) is 0 Å². The van der Waals surface area contributed by atoms with E-state index in [-0.39, 0.29) is 28.6 Å². The van der Waals surface area contributed by atoms with Crippen LogP contribution in [0.1, 0.15) is 16.7 Å². The van der Waals surface area contributed by atoms with Crippen molar-refractivity contribution in [3.8, 4) is 12.1 Å². The molecule has 1 heterocycles. The number of carbonyl (C=O) groups is 1. The maximum atomic E-state index is 12.3. The van der Waals surface area contributed by atoms with Crippen LogP contribution in [-0.2, 0) is 11.3 Å². The monoisotopic (exact) mass is 406 g/mol. The Labute approximate surface area is 165 Å². The summed E-state index contributed by atoms with van der Waals surface area (Å²) in [7, 11) is 1.67. The third-order valence-corrected chi connectivity index (χ3v) is 5.22. The van der Waals surface area contributed by atoms with E-state index in [4.69, 9.17) is 34.2 Å². The lowest BCUT2D eigenvalue weighted by Gasteiger charge is -2.17. The minimum atomic E-state index is -0.138. The Balaban J connectivity index is 2.04. The molecule has 0 spiro atoms. The van der Waals surface area contributed by atoms with Crippen molar-refractivity contribution in [2.45, 2.75) is 11.6 Å². The molecule has 0 aliphatic heterocycles. The summed E-state index contributed by atoms with van der Waals surface area (Å²) in [5, 5.41) is 19.5. The second-order valence-electron chi connectivity index (χ2n) is 5.35. The second-order valence-corrected chi connectivity index (χ2v) is 7.15. The topological polar surface area (TPSA) is 108 Å². The lowest BCUT2D eigenvalue weighted by Crippen LogP contribution is -2.28. The van der Waals surface area contributed by atoms with E-state index >= 15 is 0 Å². The number of nitrogens with zero attached hydrogens (tertiary/aromatic N) is 3. The molecule has 3 N–H and O–H groups in total. The predicted octanol–water partition coefficient (Wildman–Crippen LogP) is 2.88. The summed E-state index contributed by atoms with van der Waals surface area (Å²) < 4.78 is 0. The van der Waals surface area contributed by atoms with Crippen molar-refractivity contribution in [2.24, 2.45) is 0 Å². The summed E-state index contributed by atoms with van der Waals surface area (Å²) in [6, 6.07) is 10.5. The molecule has 2 rings (SSSR count). The average molecular weight is 407 g/mol. The van der Waals surface area contributed by atoms with E-state index in [0.29, 0.717) is 21.6 Å². The van der Waals surface area contributed by atoms with Gasteiger partial charge in [0.15, 0.2) is 5.03 Å². The highest BCUT2D eigenvalue weighted by molar-refractivity contribution is 7.99. The van der Waals surface area contributed by atoms with Crippen LogP contribution in [0.25, 0.3) is 0 Å². The molecule has 0 atom stereocenters. The fraction of sp³-hybridized carbons (Fsp3) is 0.176. The summed E-state index contributed by atoms with van der Waals surface area (Å²) >= 11 is 13.0. The molecule has 1 aromatic carbocycles. The van der Waals surface area contributed by atoms with Crippen LogP contribution in [0.4, 0.5) is 5.82 Å². The Morgan fingerprint density at radius 1 is 1.23 bits per heavy atom. The molecule has 0 saturated carbocycles. The van der Waals surface area contributed by atoms with Crippen LogP contribution >= 0.6 is 35.0 Å². The first-order valence-electron chi connectivity index (χ1n) is 7.32. The maximum Gasteiger partial charge on any atom is 0.289 e. The molecule has 0 aliphatic carbocycles. The average Bonchev–Trinajstić information content (AvgIpc) is 2.62. The summed E-state index contributed by atoms with van der Waals surface area (Å²) in [6.45, 7) is 0.376. The molecule has 132 valence electrons. The zero-order chi connectivity index (χ0) is 19.3. The van der Waals surface area contributed by atoms with Crippen molar-refractivity contribution in [3.05, 3.63) is 51.0 Å². The fourth-order valence-corrected chi connectivity index (χ4v) is 3.33. The first-order chi connectivity index (χ1) is 12.3. The van der Waals surface area contributed by atoms with Crippen LogP contribution < -0.4 is 10.7 Å².